The lowest BCUT2D eigenvalue weighted by atomic mass is 10.0. The summed E-state index contributed by atoms with van der Waals surface area (Å²) in [5, 5.41) is 0. The summed E-state index contributed by atoms with van der Waals surface area (Å²) in [5.74, 6) is -0.0558. The van der Waals surface area contributed by atoms with Crippen LogP contribution in [-0.2, 0) is 10.0 Å². The number of rotatable bonds is 3. The fourth-order valence-electron chi connectivity index (χ4n) is 3.05. The van der Waals surface area contributed by atoms with Gasteiger partial charge >= 0.3 is 0 Å². The first-order chi connectivity index (χ1) is 11.7. The minimum Gasteiger partial charge on any atom is -0.339 e. The normalized spacial score (nSPS) is 16.4. The minimum atomic E-state index is -3.21. The first-order valence-corrected chi connectivity index (χ1v) is 10.1. The summed E-state index contributed by atoms with van der Waals surface area (Å²) < 4.78 is 25.2. The number of aromatic nitrogens is 2. The number of hydrogen-bond donors (Lipinski definition) is 1. The largest absolute Gasteiger partial charge is 0.339 e. The number of likely N-dealkylation sites (tertiary alicyclic amines) is 1. The fraction of sp³-hybridized carbons (Fsp3) is 0.471. The maximum absolute atomic E-state index is 12.7. The second-order valence-corrected chi connectivity index (χ2v) is 8.33. The summed E-state index contributed by atoms with van der Waals surface area (Å²) in [6.45, 7) is 4.87. The van der Waals surface area contributed by atoms with E-state index in [9.17, 15) is 13.2 Å². The Hall–Kier alpha value is -2.06. The third kappa shape index (κ3) is 4.13. The molecule has 0 saturated carbocycles. The first kappa shape index (κ1) is 17.8. The number of aryl methyl sites for hydroxylation is 2. The van der Waals surface area contributed by atoms with Crippen LogP contribution in [-0.4, -0.2) is 54.6 Å². The van der Waals surface area contributed by atoms with Gasteiger partial charge in [0.25, 0.3) is 5.91 Å². The third-order valence-corrected chi connectivity index (χ3v) is 5.25. The second-order valence-electron chi connectivity index (χ2n) is 6.55. The summed E-state index contributed by atoms with van der Waals surface area (Å²) in [6.07, 6.45) is 2.39. The van der Waals surface area contributed by atoms with Crippen LogP contribution in [0.25, 0.3) is 11.0 Å². The van der Waals surface area contributed by atoms with Gasteiger partial charge in [-0.15, -0.1) is 0 Å². The van der Waals surface area contributed by atoms with Crippen LogP contribution in [0, 0.1) is 13.8 Å². The molecule has 2 aromatic rings. The van der Waals surface area contributed by atoms with Gasteiger partial charge in [0.1, 0.15) is 0 Å². The zero-order valence-corrected chi connectivity index (χ0v) is 15.4. The lowest BCUT2D eigenvalue weighted by Gasteiger charge is -2.32. The molecule has 25 heavy (non-hydrogen) atoms. The van der Waals surface area contributed by atoms with Gasteiger partial charge in [-0.2, -0.15) is 0 Å². The Labute approximate surface area is 147 Å². The summed E-state index contributed by atoms with van der Waals surface area (Å²) in [5.41, 5.74) is 3.80. The average Bonchev–Trinajstić information content (AvgIpc) is 2.54. The van der Waals surface area contributed by atoms with E-state index in [-0.39, 0.29) is 11.9 Å². The van der Waals surface area contributed by atoms with Crippen molar-refractivity contribution in [2.45, 2.75) is 32.7 Å². The standard InChI is InChI=1S/C17H22N4O3S/c1-11-12(2)19-16-10-13(4-5-15(16)18-11)17(22)21-8-6-14(7-9-21)20-25(3,23)24/h4-5,10,14,20H,6-9H2,1-3H3. The van der Waals surface area contributed by atoms with Gasteiger partial charge in [0, 0.05) is 24.7 Å². The lowest BCUT2D eigenvalue weighted by molar-refractivity contribution is 0.0711. The van der Waals surface area contributed by atoms with E-state index in [0.717, 1.165) is 23.2 Å². The number of carbonyl (C=O) groups excluding carboxylic acids is 1. The number of nitrogens with one attached hydrogen (secondary N) is 1. The topological polar surface area (TPSA) is 92.3 Å². The van der Waals surface area contributed by atoms with Crippen LogP contribution < -0.4 is 4.72 Å². The molecule has 0 aliphatic carbocycles. The van der Waals surface area contributed by atoms with Crippen LogP contribution in [0.3, 0.4) is 0 Å². The number of benzene rings is 1. The van der Waals surface area contributed by atoms with Gasteiger partial charge in [-0.3, -0.25) is 4.79 Å². The SMILES string of the molecule is Cc1nc2ccc(C(=O)N3CCC(NS(C)(=O)=O)CC3)cc2nc1C. The molecule has 1 aromatic carbocycles. The molecule has 8 heteroatoms. The molecule has 0 spiro atoms. The Bertz CT molecular complexity index is 919. The van der Waals surface area contributed by atoms with E-state index in [1.165, 1.54) is 0 Å². The van der Waals surface area contributed by atoms with Crippen LogP contribution >= 0.6 is 0 Å². The van der Waals surface area contributed by atoms with Crippen molar-refractivity contribution in [1.29, 1.82) is 0 Å². The molecule has 1 aliphatic rings. The number of amides is 1. The number of carbonyl (C=O) groups is 1. The monoisotopic (exact) mass is 362 g/mol. The number of hydrogen-bond acceptors (Lipinski definition) is 5. The zero-order valence-electron chi connectivity index (χ0n) is 14.6. The fourth-order valence-corrected chi connectivity index (χ4v) is 3.89. The van der Waals surface area contributed by atoms with Gasteiger partial charge in [-0.05, 0) is 44.9 Å². The zero-order chi connectivity index (χ0) is 18.2. The van der Waals surface area contributed by atoms with E-state index in [1.807, 2.05) is 19.9 Å². The smallest absolute Gasteiger partial charge is 0.253 e. The summed E-state index contributed by atoms with van der Waals surface area (Å²) in [4.78, 5) is 23.5. The van der Waals surface area contributed by atoms with Gasteiger partial charge in [-0.1, -0.05) is 0 Å². The molecule has 0 atom stereocenters. The molecule has 2 heterocycles. The second kappa shape index (κ2) is 6.68. The van der Waals surface area contributed by atoms with Crippen molar-refractivity contribution in [2.75, 3.05) is 19.3 Å². The maximum atomic E-state index is 12.7. The van der Waals surface area contributed by atoms with E-state index in [0.29, 0.717) is 37.0 Å². The molecule has 1 aliphatic heterocycles. The molecule has 0 unspecified atom stereocenters. The van der Waals surface area contributed by atoms with E-state index >= 15 is 0 Å². The highest BCUT2D eigenvalue weighted by molar-refractivity contribution is 7.88. The van der Waals surface area contributed by atoms with Crippen LogP contribution in [0.15, 0.2) is 18.2 Å². The summed E-state index contributed by atoms with van der Waals surface area (Å²) in [6, 6.07) is 5.26. The Morgan fingerprint density at radius 3 is 2.32 bits per heavy atom. The molecule has 7 nitrogen and oxygen atoms in total. The van der Waals surface area contributed by atoms with Crippen molar-refractivity contribution in [1.82, 2.24) is 19.6 Å². The molecule has 134 valence electrons. The average molecular weight is 362 g/mol. The molecule has 1 saturated heterocycles. The summed E-state index contributed by atoms with van der Waals surface area (Å²) >= 11 is 0. The number of nitrogens with zero attached hydrogens (tertiary/aromatic N) is 3. The minimum absolute atomic E-state index is 0.0558. The molecule has 3 rings (SSSR count). The Morgan fingerprint density at radius 1 is 1.12 bits per heavy atom. The Balaban J connectivity index is 1.73. The predicted octanol–water partition coefficient (Wildman–Crippen LogP) is 1.40. The van der Waals surface area contributed by atoms with E-state index < -0.39 is 10.0 Å². The highest BCUT2D eigenvalue weighted by Gasteiger charge is 2.25. The van der Waals surface area contributed by atoms with E-state index in [2.05, 4.69) is 14.7 Å². The first-order valence-electron chi connectivity index (χ1n) is 8.24. The number of piperidine rings is 1. The van der Waals surface area contributed by atoms with Gasteiger partial charge in [0.2, 0.25) is 10.0 Å². The molecule has 1 fully saturated rings. The van der Waals surface area contributed by atoms with Crippen molar-refractivity contribution < 1.29 is 13.2 Å². The van der Waals surface area contributed by atoms with Crippen molar-refractivity contribution in [3.8, 4) is 0 Å². The van der Waals surface area contributed by atoms with Gasteiger partial charge < -0.3 is 4.90 Å². The Kier molecular flexibility index (Phi) is 4.75. The highest BCUT2D eigenvalue weighted by Crippen LogP contribution is 2.18. The molecule has 0 radical (unpaired) electrons. The summed E-state index contributed by atoms with van der Waals surface area (Å²) in [7, 11) is -3.21. The number of fused-ring (bicyclic) bond motifs is 1. The number of sulfonamides is 1. The molecule has 1 amide bonds. The van der Waals surface area contributed by atoms with Gasteiger partial charge in [-0.25, -0.2) is 23.1 Å². The molecule has 1 N–H and O–H groups in total. The van der Waals surface area contributed by atoms with Gasteiger partial charge in [0.05, 0.1) is 28.7 Å². The molecule has 0 bridgehead atoms. The maximum Gasteiger partial charge on any atom is 0.253 e. The van der Waals surface area contributed by atoms with Crippen molar-refractivity contribution in [3.63, 3.8) is 0 Å². The van der Waals surface area contributed by atoms with Crippen LogP contribution in [0.5, 0.6) is 0 Å². The van der Waals surface area contributed by atoms with Crippen LogP contribution in [0.1, 0.15) is 34.6 Å². The van der Waals surface area contributed by atoms with Crippen molar-refractivity contribution >= 4 is 27.0 Å². The Morgan fingerprint density at radius 2 is 1.72 bits per heavy atom. The van der Waals surface area contributed by atoms with Crippen LogP contribution in [0.4, 0.5) is 0 Å². The van der Waals surface area contributed by atoms with Crippen molar-refractivity contribution in [3.05, 3.63) is 35.2 Å². The quantitative estimate of drug-likeness (QED) is 0.891. The van der Waals surface area contributed by atoms with E-state index in [1.54, 1.807) is 17.0 Å². The third-order valence-electron chi connectivity index (χ3n) is 4.49. The van der Waals surface area contributed by atoms with Gasteiger partial charge in [0.15, 0.2) is 0 Å². The predicted molar refractivity (Wildman–Crippen MR) is 95.9 cm³/mol. The van der Waals surface area contributed by atoms with Crippen LogP contribution in [0.2, 0.25) is 0 Å². The van der Waals surface area contributed by atoms with E-state index in [4.69, 9.17) is 0 Å². The molecule has 1 aromatic heterocycles. The molecular weight excluding hydrogens is 340 g/mol. The lowest BCUT2D eigenvalue weighted by Crippen LogP contribution is -2.46. The highest BCUT2D eigenvalue weighted by atomic mass is 32.2. The molecular formula is C17H22N4O3S. The van der Waals surface area contributed by atoms with Crippen molar-refractivity contribution in [2.24, 2.45) is 0 Å².